The molecule has 9 heteroatoms. The molecule has 0 bridgehead atoms. The average molecular weight is 368 g/mol. The van der Waals surface area contributed by atoms with E-state index in [1.807, 2.05) is 6.07 Å². The summed E-state index contributed by atoms with van der Waals surface area (Å²) in [5.74, 6) is -1.06. The number of carbonyl (C=O) groups is 1. The van der Waals surface area contributed by atoms with Gasteiger partial charge >= 0.3 is 5.76 Å². The lowest BCUT2D eigenvalue weighted by Crippen LogP contribution is -2.33. The number of nitrogens with zero attached hydrogens (tertiary/aromatic N) is 4. The predicted octanol–water partition coefficient (Wildman–Crippen LogP) is 2.07. The molecule has 0 saturated carbocycles. The second kappa shape index (κ2) is 7.65. The molecule has 138 valence electrons. The van der Waals surface area contributed by atoms with Crippen molar-refractivity contribution in [2.75, 3.05) is 7.05 Å². The molecule has 1 heterocycles. The highest BCUT2D eigenvalue weighted by molar-refractivity contribution is 5.75. The molecule has 0 atom stereocenters. The van der Waals surface area contributed by atoms with Gasteiger partial charge in [0.05, 0.1) is 11.5 Å². The molecule has 1 aromatic heterocycles. The minimum Gasteiger partial charge on any atom is -0.388 e. The minimum absolute atomic E-state index is 0.0358. The van der Waals surface area contributed by atoms with E-state index in [1.54, 1.807) is 42.5 Å². The monoisotopic (exact) mass is 368 g/mol. The number of rotatable bonds is 6. The van der Waals surface area contributed by atoms with Gasteiger partial charge in [-0.05, 0) is 12.1 Å². The van der Waals surface area contributed by atoms with E-state index < -0.39 is 16.6 Å². The van der Waals surface area contributed by atoms with Gasteiger partial charge in [-0.1, -0.05) is 36.4 Å². The summed E-state index contributed by atoms with van der Waals surface area (Å²) in [7, 11) is 1.50. The summed E-state index contributed by atoms with van der Waals surface area (Å²) in [5.41, 5.74) is 0.951. The van der Waals surface area contributed by atoms with E-state index in [9.17, 15) is 19.7 Å². The fourth-order valence-corrected chi connectivity index (χ4v) is 2.52. The Morgan fingerprint density at radius 1 is 1.19 bits per heavy atom. The first-order chi connectivity index (χ1) is 13.0. The summed E-state index contributed by atoms with van der Waals surface area (Å²) in [6, 6.07) is 15.0. The van der Waals surface area contributed by atoms with Crippen molar-refractivity contribution < 1.29 is 14.1 Å². The number of nitro benzene ring substituents is 1. The van der Waals surface area contributed by atoms with Gasteiger partial charge < -0.3 is 9.32 Å². The zero-order valence-electron chi connectivity index (χ0n) is 14.4. The summed E-state index contributed by atoms with van der Waals surface area (Å²) < 4.78 is 6.02. The fraction of sp³-hybridized carbons (Fsp3) is 0.167. The van der Waals surface area contributed by atoms with Gasteiger partial charge in [0, 0.05) is 24.2 Å². The first-order valence-corrected chi connectivity index (χ1v) is 8.05. The summed E-state index contributed by atoms with van der Waals surface area (Å²) in [6.45, 7) is -0.291. The van der Waals surface area contributed by atoms with Gasteiger partial charge in [0.2, 0.25) is 11.8 Å². The van der Waals surface area contributed by atoms with Crippen LogP contribution in [0, 0.1) is 10.1 Å². The van der Waals surface area contributed by atoms with Crippen molar-refractivity contribution in [2.24, 2.45) is 0 Å². The molecule has 0 aliphatic rings. The Kier molecular flexibility index (Phi) is 5.11. The second-order valence-corrected chi connectivity index (χ2v) is 5.83. The maximum atomic E-state index is 12.4. The van der Waals surface area contributed by atoms with Gasteiger partial charge in [0.1, 0.15) is 6.54 Å². The third kappa shape index (κ3) is 4.09. The molecule has 0 aliphatic carbocycles. The third-order valence-corrected chi connectivity index (χ3v) is 3.93. The SMILES string of the molecule is CN(Cc1ccccc1[N+](=O)[O-])C(=O)Cn1nc(-c2ccccc2)oc1=O. The van der Waals surface area contributed by atoms with Gasteiger partial charge in [0.15, 0.2) is 0 Å². The molecule has 27 heavy (non-hydrogen) atoms. The number of carbonyl (C=O) groups excluding carboxylic acids is 1. The highest BCUT2D eigenvalue weighted by Crippen LogP contribution is 2.19. The highest BCUT2D eigenvalue weighted by Gasteiger charge is 2.19. The van der Waals surface area contributed by atoms with E-state index in [2.05, 4.69) is 5.10 Å². The van der Waals surface area contributed by atoms with E-state index in [1.165, 1.54) is 18.0 Å². The first kappa shape index (κ1) is 18.1. The van der Waals surface area contributed by atoms with E-state index >= 15 is 0 Å². The predicted molar refractivity (Wildman–Crippen MR) is 95.8 cm³/mol. The fourth-order valence-electron chi connectivity index (χ4n) is 2.52. The standard InChI is InChI=1S/C18H16N4O5/c1-20(11-14-9-5-6-10-15(14)22(25)26)16(23)12-21-18(24)27-17(19-21)13-7-3-2-4-8-13/h2-10H,11-12H2,1H3. The number of benzene rings is 2. The quantitative estimate of drug-likeness (QED) is 0.486. The van der Waals surface area contributed by atoms with Crippen molar-refractivity contribution in [3.05, 3.63) is 80.8 Å². The molecule has 3 rings (SSSR count). The van der Waals surface area contributed by atoms with Crippen LogP contribution >= 0.6 is 0 Å². The van der Waals surface area contributed by atoms with Gasteiger partial charge in [-0.3, -0.25) is 14.9 Å². The number of nitro groups is 1. The molecule has 3 aromatic rings. The van der Waals surface area contributed by atoms with Crippen LogP contribution in [0.5, 0.6) is 0 Å². The summed E-state index contributed by atoms with van der Waals surface area (Å²) in [6.07, 6.45) is 0. The Labute approximate surface area is 153 Å². The number of amides is 1. The number of hydrogen-bond donors (Lipinski definition) is 0. The van der Waals surface area contributed by atoms with E-state index in [-0.39, 0.29) is 24.7 Å². The summed E-state index contributed by atoms with van der Waals surface area (Å²) >= 11 is 0. The van der Waals surface area contributed by atoms with Crippen LogP contribution in [0.3, 0.4) is 0 Å². The van der Waals surface area contributed by atoms with Crippen LogP contribution in [-0.4, -0.2) is 32.6 Å². The Bertz CT molecular complexity index is 1030. The average Bonchev–Trinajstić information content (AvgIpc) is 3.03. The minimum atomic E-state index is -0.749. The molecule has 2 aromatic carbocycles. The Balaban J connectivity index is 1.73. The summed E-state index contributed by atoms with van der Waals surface area (Å²) in [4.78, 5) is 36.2. The number of aromatic nitrogens is 2. The normalized spacial score (nSPS) is 10.6. The van der Waals surface area contributed by atoms with Crippen LogP contribution < -0.4 is 5.76 Å². The maximum Gasteiger partial charge on any atom is 0.437 e. The van der Waals surface area contributed by atoms with Crippen molar-refractivity contribution in [3.63, 3.8) is 0 Å². The molecule has 0 fully saturated rings. The molecule has 1 amide bonds. The van der Waals surface area contributed by atoms with Crippen LogP contribution in [0.15, 0.2) is 63.8 Å². The zero-order valence-corrected chi connectivity index (χ0v) is 14.4. The van der Waals surface area contributed by atoms with Crippen LogP contribution in [0.25, 0.3) is 11.5 Å². The molecule has 0 aliphatic heterocycles. The Morgan fingerprint density at radius 3 is 2.56 bits per heavy atom. The van der Waals surface area contributed by atoms with Crippen LogP contribution in [-0.2, 0) is 17.9 Å². The first-order valence-electron chi connectivity index (χ1n) is 8.05. The van der Waals surface area contributed by atoms with Crippen molar-refractivity contribution in [1.29, 1.82) is 0 Å². The third-order valence-electron chi connectivity index (χ3n) is 3.93. The lowest BCUT2D eigenvalue weighted by molar-refractivity contribution is -0.385. The molecule has 0 unspecified atom stereocenters. The number of hydrogen-bond acceptors (Lipinski definition) is 6. The van der Waals surface area contributed by atoms with Crippen molar-refractivity contribution in [1.82, 2.24) is 14.7 Å². The zero-order chi connectivity index (χ0) is 19.4. The van der Waals surface area contributed by atoms with Crippen LogP contribution in [0.2, 0.25) is 0 Å². The molecule has 0 N–H and O–H groups in total. The molecular formula is C18H16N4O5. The second-order valence-electron chi connectivity index (χ2n) is 5.83. The van der Waals surface area contributed by atoms with E-state index in [4.69, 9.17) is 4.42 Å². The molecule has 0 spiro atoms. The van der Waals surface area contributed by atoms with Crippen molar-refractivity contribution in [3.8, 4) is 11.5 Å². The molecule has 0 saturated heterocycles. The molecule has 9 nitrogen and oxygen atoms in total. The van der Waals surface area contributed by atoms with Gasteiger partial charge in [-0.2, -0.15) is 4.68 Å². The van der Waals surface area contributed by atoms with Crippen molar-refractivity contribution in [2.45, 2.75) is 13.1 Å². The van der Waals surface area contributed by atoms with E-state index in [0.717, 1.165) is 4.68 Å². The Morgan fingerprint density at radius 2 is 1.85 bits per heavy atom. The van der Waals surface area contributed by atoms with Crippen LogP contribution in [0.1, 0.15) is 5.56 Å². The van der Waals surface area contributed by atoms with Crippen molar-refractivity contribution >= 4 is 11.6 Å². The number of para-hydroxylation sites is 1. The van der Waals surface area contributed by atoms with Gasteiger partial charge in [-0.25, -0.2) is 4.79 Å². The lowest BCUT2D eigenvalue weighted by Gasteiger charge is -2.16. The molecule has 0 radical (unpaired) electrons. The largest absolute Gasteiger partial charge is 0.437 e. The lowest BCUT2D eigenvalue weighted by atomic mass is 10.1. The van der Waals surface area contributed by atoms with E-state index in [0.29, 0.717) is 11.1 Å². The Hall–Kier alpha value is -3.75. The van der Waals surface area contributed by atoms with Gasteiger partial charge in [0.25, 0.3) is 5.69 Å². The van der Waals surface area contributed by atoms with Crippen LogP contribution in [0.4, 0.5) is 5.69 Å². The smallest absolute Gasteiger partial charge is 0.388 e. The highest BCUT2D eigenvalue weighted by atomic mass is 16.6. The van der Waals surface area contributed by atoms with Gasteiger partial charge in [-0.15, -0.1) is 5.10 Å². The molecular weight excluding hydrogens is 352 g/mol. The maximum absolute atomic E-state index is 12.4. The summed E-state index contributed by atoms with van der Waals surface area (Å²) in [5, 5.41) is 15.1. The number of likely N-dealkylation sites (N-methyl/N-ethyl adjacent to an activating group) is 1. The topological polar surface area (TPSA) is 111 Å².